The smallest absolute Gasteiger partial charge is 0.339 e. The van der Waals surface area contributed by atoms with E-state index in [2.05, 4.69) is 0 Å². The first-order valence-corrected chi connectivity index (χ1v) is 8.99. The Morgan fingerprint density at radius 3 is 2.35 bits per heavy atom. The number of hydroxylamine groups is 2. The number of esters is 1. The summed E-state index contributed by atoms with van der Waals surface area (Å²) in [5.74, 6) is -1.88. The van der Waals surface area contributed by atoms with Gasteiger partial charge in [-0.1, -0.05) is 6.08 Å². The number of hydrogen-bond acceptors (Lipinski definition) is 6. The molecule has 1 aliphatic carbocycles. The van der Waals surface area contributed by atoms with Gasteiger partial charge in [-0.05, 0) is 59.5 Å². The van der Waals surface area contributed by atoms with Crippen LogP contribution in [0.2, 0.25) is 0 Å². The minimum atomic E-state index is -0.861. The summed E-state index contributed by atoms with van der Waals surface area (Å²) in [5, 5.41) is 0.583. The molecule has 2 rings (SSSR count). The second-order valence-electron chi connectivity index (χ2n) is 8.22. The third-order valence-corrected chi connectivity index (χ3v) is 4.74. The molecule has 2 atom stereocenters. The number of carbonyl (C=O) groups is 4. The second kappa shape index (κ2) is 7.60. The molecule has 0 radical (unpaired) electrons. The number of allylic oxidation sites excluding steroid dienone is 1. The quantitative estimate of drug-likeness (QED) is 0.434. The molecular formula is C19H27NO6. The van der Waals surface area contributed by atoms with Gasteiger partial charge in [-0.2, -0.15) is 0 Å². The average molecular weight is 365 g/mol. The van der Waals surface area contributed by atoms with Crippen LogP contribution in [0.15, 0.2) is 12.2 Å². The van der Waals surface area contributed by atoms with Crippen molar-refractivity contribution in [3.8, 4) is 0 Å². The van der Waals surface area contributed by atoms with Crippen molar-refractivity contribution in [3.63, 3.8) is 0 Å². The molecule has 1 saturated heterocycles. The summed E-state index contributed by atoms with van der Waals surface area (Å²) in [4.78, 5) is 53.1. The second-order valence-corrected chi connectivity index (χ2v) is 8.22. The molecule has 0 aromatic rings. The van der Waals surface area contributed by atoms with E-state index >= 15 is 0 Å². The van der Waals surface area contributed by atoms with Crippen LogP contribution in [0.1, 0.15) is 66.2 Å². The van der Waals surface area contributed by atoms with E-state index < -0.39 is 34.7 Å². The SMILES string of the molecule is CC(C)(C)C(=O)O[C@@H]1/C=C/CC[C@](C)(C(=O)ON2C(=O)CCC2=O)CC1. The van der Waals surface area contributed by atoms with Gasteiger partial charge in [0.1, 0.15) is 6.10 Å². The van der Waals surface area contributed by atoms with Crippen LogP contribution in [0, 0.1) is 10.8 Å². The lowest BCUT2D eigenvalue weighted by atomic mass is 9.79. The van der Waals surface area contributed by atoms with Gasteiger partial charge in [0, 0.05) is 12.8 Å². The van der Waals surface area contributed by atoms with Gasteiger partial charge in [0.2, 0.25) is 0 Å². The van der Waals surface area contributed by atoms with Crippen LogP contribution in [-0.2, 0) is 28.8 Å². The summed E-state index contributed by atoms with van der Waals surface area (Å²) in [6.07, 6.45) is 5.48. The maximum atomic E-state index is 12.6. The van der Waals surface area contributed by atoms with E-state index in [-0.39, 0.29) is 18.8 Å². The lowest BCUT2D eigenvalue weighted by Crippen LogP contribution is -2.40. The summed E-state index contributed by atoms with van der Waals surface area (Å²) in [7, 11) is 0. The number of hydrogen-bond donors (Lipinski definition) is 0. The topological polar surface area (TPSA) is 90.0 Å². The van der Waals surface area contributed by atoms with Crippen molar-refractivity contribution in [1.29, 1.82) is 0 Å². The van der Waals surface area contributed by atoms with Crippen LogP contribution in [0.4, 0.5) is 0 Å². The molecule has 26 heavy (non-hydrogen) atoms. The zero-order valence-corrected chi connectivity index (χ0v) is 15.9. The molecule has 0 aromatic carbocycles. The Bertz CT molecular complexity index is 616. The highest BCUT2D eigenvalue weighted by Gasteiger charge is 2.41. The third-order valence-electron chi connectivity index (χ3n) is 4.74. The van der Waals surface area contributed by atoms with Crippen LogP contribution >= 0.6 is 0 Å². The first-order valence-electron chi connectivity index (χ1n) is 8.99. The maximum absolute atomic E-state index is 12.6. The molecule has 0 aromatic heterocycles. The lowest BCUT2D eigenvalue weighted by molar-refractivity contribution is -0.205. The van der Waals surface area contributed by atoms with Crippen molar-refractivity contribution in [3.05, 3.63) is 12.2 Å². The summed E-state index contributed by atoms with van der Waals surface area (Å²) in [6.45, 7) is 7.11. The Morgan fingerprint density at radius 1 is 1.15 bits per heavy atom. The van der Waals surface area contributed by atoms with Gasteiger partial charge in [-0.15, -0.1) is 5.06 Å². The van der Waals surface area contributed by atoms with Gasteiger partial charge in [-0.25, -0.2) is 4.79 Å². The zero-order chi connectivity index (χ0) is 19.5. The molecule has 144 valence electrons. The van der Waals surface area contributed by atoms with Crippen LogP contribution in [-0.4, -0.2) is 34.9 Å². The van der Waals surface area contributed by atoms with Crippen molar-refractivity contribution in [2.45, 2.75) is 72.3 Å². The molecule has 7 heteroatoms. The van der Waals surface area contributed by atoms with Crippen molar-refractivity contribution in [1.82, 2.24) is 5.06 Å². The Labute approximate surface area is 153 Å². The molecule has 0 N–H and O–H groups in total. The fourth-order valence-corrected chi connectivity index (χ4v) is 2.80. The molecule has 0 bridgehead atoms. The van der Waals surface area contributed by atoms with E-state index in [0.29, 0.717) is 30.7 Å². The molecule has 2 amide bonds. The van der Waals surface area contributed by atoms with Gasteiger partial charge < -0.3 is 9.57 Å². The third kappa shape index (κ3) is 4.71. The minimum absolute atomic E-state index is 0.0659. The highest BCUT2D eigenvalue weighted by molar-refractivity contribution is 6.01. The van der Waals surface area contributed by atoms with E-state index in [1.54, 1.807) is 27.7 Å². The van der Waals surface area contributed by atoms with Crippen LogP contribution < -0.4 is 0 Å². The van der Waals surface area contributed by atoms with Gasteiger partial charge in [0.25, 0.3) is 11.8 Å². The Hall–Kier alpha value is -2.18. The number of ether oxygens (including phenoxy) is 1. The lowest BCUT2D eigenvalue weighted by Gasteiger charge is -2.31. The Kier molecular flexibility index (Phi) is 5.88. The number of amides is 2. The van der Waals surface area contributed by atoms with E-state index in [0.717, 1.165) is 0 Å². The van der Waals surface area contributed by atoms with Gasteiger partial charge >= 0.3 is 11.9 Å². The molecule has 7 nitrogen and oxygen atoms in total. The van der Waals surface area contributed by atoms with E-state index in [4.69, 9.17) is 9.57 Å². The summed E-state index contributed by atoms with van der Waals surface area (Å²) in [5.41, 5.74) is -1.46. The van der Waals surface area contributed by atoms with Crippen molar-refractivity contribution in [2.75, 3.05) is 0 Å². The maximum Gasteiger partial charge on any atom is 0.339 e. The highest BCUT2D eigenvalue weighted by Crippen LogP contribution is 2.35. The number of carbonyl (C=O) groups excluding carboxylic acids is 4. The zero-order valence-electron chi connectivity index (χ0n) is 15.9. The van der Waals surface area contributed by atoms with Crippen molar-refractivity contribution < 1.29 is 28.8 Å². The number of rotatable bonds is 3. The number of nitrogens with zero attached hydrogens (tertiary/aromatic N) is 1. The highest BCUT2D eigenvalue weighted by atomic mass is 16.7. The molecular weight excluding hydrogens is 338 g/mol. The van der Waals surface area contributed by atoms with E-state index in [1.807, 2.05) is 12.2 Å². The van der Waals surface area contributed by atoms with Gasteiger partial charge in [-0.3, -0.25) is 14.4 Å². The molecule has 0 spiro atoms. The Morgan fingerprint density at radius 2 is 1.77 bits per heavy atom. The van der Waals surface area contributed by atoms with Crippen LogP contribution in [0.3, 0.4) is 0 Å². The standard InChI is InChI=1S/C19H27NO6/c1-18(2,3)16(23)25-13-7-5-6-11-19(4,12-10-13)17(24)26-20-14(21)8-9-15(20)22/h5,7,13H,6,8-12H2,1-4H3/b7-5+/t13-,19+/m1/s1. The molecule has 2 aliphatic rings. The van der Waals surface area contributed by atoms with Gasteiger partial charge in [0.15, 0.2) is 0 Å². The predicted octanol–water partition coefficient (Wildman–Crippen LogP) is 2.69. The summed E-state index contributed by atoms with van der Waals surface area (Å²) in [6, 6.07) is 0. The van der Waals surface area contributed by atoms with Crippen molar-refractivity contribution in [2.24, 2.45) is 10.8 Å². The molecule has 0 saturated carbocycles. The Balaban J connectivity index is 2.02. The first kappa shape index (κ1) is 20.1. The molecule has 1 aliphatic heterocycles. The first-order chi connectivity index (χ1) is 12.0. The van der Waals surface area contributed by atoms with Crippen molar-refractivity contribution >= 4 is 23.8 Å². The van der Waals surface area contributed by atoms with Crippen LogP contribution in [0.25, 0.3) is 0 Å². The van der Waals surface area contributed by atoms with Gasteiger partial charge in [0.05, 0.1) is 10.8 Å². The monoisotopic (exact) mass is 365 g/mol. The summed E-state index contributed by atoms with van der Waals surface area (Å²) >= 11 is 0. The fourth-order valence-electron chi connectivity index (χ4n) is 2.80. The molecule has 1 fully saturated rings. The van der Waals surface area contributed by atoms with Crippen LogP contribution in [0.5, 0.6) is 0 Å². The molecule has 1 heterocycles. The largest absolute Gasteiger partial charge is 0.458 e. The average Bonchev–Trinajstić information content (AvgIpc) is 2.85. The predicted molar refractivity (Wildman–Crippen MR) is 92.2 cm³/mol. The normalized spacial score (nSPS) is 28.3. The summed E-state index contributed by atoms with van der Waals surface area (Å²) < 4.78 is 5.54. The number of imide groups is 1. The molecule has 0 unspecified atom stereocenters. The minimum Gasteiger partial charge on any atom is -0.458 e. The van der Waals surface area contributed by atoms with E-state index in [9.17, 15) is 19.2 Å². The van der Waals surface area contributed by atoms with E-state index in [1.165, 1.54) is 0 Å². The fraction of sp³-hybridized carbons (Fsp3) is 0.684.